The molecule has 0 aliphatic heterocycles. The van der Waals surface area contributed by atoms with E-state index < -0.39 is 10.0 Å². The van der Waals surface area contributed by atoms with Crippen molar-refractivity contribution >= 4 is 20.9 Å². The SMILES string of the molecule is COc1ccc(S(=O)(=O)NCCCn2ccc3ccccc32)cc1OC. The number of aromatic nitrogens is 1. The van der Waals surface area contributed by atoms with Crippen LogP contribution in [0.5, 0.6) is 11.5 Å². The third-order valence-electron chi connectivity index (χ3n) is 4.21. The predicted molar refractivity (Wildman–Crippen MR) is 101 cm³/mol. The molecule has 0 saturated heterocycles. The van der Waals surface area contributed by atoms with E-state index in [0.717, 1.165) is 12.1 Å². The van der Waals surface area contributed by atoms with Gasteiger partial charge in [0.2, 0.25) is 10.0 Å². The number of aryl methyl sites for hydroxylation is 1. The molecule has 1 heterocycles. The molecule has 0 amide bonds. The Morgan fingerprint density at radius 3 is 2.54 bits per heavy atom. The smallest absolute Gasteiger partial charge is 0.240 e. The first kappa shape index (κ1) is 18.3. The number of hydrogen-bond acceptors (Lipinski definition) is 4. The van der Waals surface area contributed by atoms with Crippen LogP contribution < -0.4 is 14.2 Å². The number of methoxy groups -OCH3 is 2. The Balaban J connectivity index is 1.62. The number of nitrogens with one attached hydrogen (secondary N) is 1. The van der Waals surface area contributed by atoms with Crippen molar-refractivity contribution in [3.63, 3.8) is 0 Å². The van der Waals surface area contributed by atoms with Crippen LogP contribution in [0.4, 0.5) is 0 Å². The van der Waals surface area contributed by atoms with Gasteiger partial charge in [-0.05, 0) is 36.1 Å². The van der Waals surface area contributed by atoms with Crippen molar-refractivity contribution in [1.29, 1.82) is 0 Å². The third-order valence-corrected chi connectivity index (χ3v) is 5.67. The maximum Gasteiger partial charge on any atom is 0.240 e. The Bertz CT molecular complexity index is 996. The molecule has 3 aromatic rings. The van der Waals surface area contributed by atoms with Gasteiger partial charge in [-0.3, -0.25) is 0 Å². The highest BCUT2D eigenvalue weighted by atomic mass is 32.2. The average molecular weight is 374 g/mol. The van der Waals surface area contributed by atoms with Crippen LogP contribution in [-0.2, 0) is 16.6 Å². The summed E-state index contributed by atoms with van der Waals surface area (Å²) in [6.07, 6.45) is 2.71. The normalized spacial score (nSPS) is 11.6. The van der Waals surface area contributed by atoms with Gasteiger partial charge in [-0.2, -0.15) is 0 Å². The molecule has 1 aromatic heterocycles. The molecule has 6 nitrogen and oxygen atoms in total. The van der Waals surface area contributed by atoms with E-state index in [2.05, 4.69) is 27.5 Å². The van der Waals surface area contributed by atoms with Crippen molar-refractivity contribution in [1.82, 2.24) is 9.29 Å². The second kappa shape index (κ2) is 7.80. The first-order chi connectivity index (χ1) is 12.5. The van der Waals surface area contributed by atoms with Crippen molar-refractivity contribution in [3.8, 4) is 11.5 Å². The van der Waals surface area contributed by atoms with Crippen molar-refractivity contribution in [2.24, 2.45) is 0 Å². The van der Waals surface area contributed by atoms with Crippen LogP contribution in [0.2, 0.25) is 0 Å². The van der Waals surface area contributed by atoms with Gasteiger partial charge in [0.15, 0.2) is 11.5 Å². The Morgan fingerprint density at radius 1 is 1.00 bits per heavy atom. The van der Waals surface area contributed by atoms with Crippen LogP contribution in [0, 0.1) is 0 Å². The zero-order chi connectivity index (χ0) is 18.6. The van der Waals surface area contributed by atoms with E-state index in [1.54, 1.807) is 6.07 Å². The second-order valence-corrected chi connectivity index (χ2v) is 7.60. The lowest BCUT2D eigenvalue weighted by Gasteiger charge is -2.11. The maximum absolute atomic E-state index is 12.5. The first-order valence-corrected chi connectivity index (χ1v) is 9.79. The molecule has 0 spiro atoms. The van der Waals surface area contributed by atoms with E-state index in [1.807, 2.05) is 18.3 Å². The lowest BCUT2D eigenvalue weighted by Crippen LogP contribution is -2.25. The first-order valence-electron chi connectivity index (χ1n) is 8.31. The maximum atomic E-state index is 12.5. The molecule has 0 radical (unpaired) electrons. The molecule has 138 valence electrons. The number of rotatable bonds is 8. The number of nitrogens with zero attached hydrogens (tertiary/aromatic N) is 1. The van der Waals surface area contributed by atoms with E-state index in [0.29, 0.717) is 24.5 Å². The van der Waals surface area contributed by atoms with Gasteiger partial charge in [0.05, 0.1) is 19.1 Å². The van der Waals surface area contributed by atoms with Gasteiger partial charge in [-0.15, -0.1) is 0 Å². The molecule has 0 saturated carbocycles. The fourth-order valence-corrected chi connectivity index (χ4v) is 3.95. The van der Waals surface area contributed by atoms with E-state index in [9.17, 15) is 8.42 Å². The summed E-state index contributed by atoms with van der Waals surface area (Å²) in [7, 11) is -0.612. The fourth-order valence-electron chi connectivity index (χ4n) is 2.86. The Kier molecular flexibility index (Phi) is 5.49. The van der Waals surface area contributed by atoms with Crippen LogP contribution in [0.15, 0.2) is 59.6 Å². The lowest BCUT2D eigenvalue weighted by atomic mass is 10.2. The van der Waals surface area contributed by atoms with Gasteiger partial charge in [0.1, 0.15) is 0 Å². The minimum absolute atomic E-state index is 0.154. The van der Waals surface area contributed by atoms with Crippen LogP contribution >= 0.6 is 0 Å². The molecular weight excluding hydrogens is 352 g/mol. The molecular formula is C19H22N2O4S. The molecule has 0 aliphatic rings. The summed E-state index contributed by atoms with van der Waals surface area (Å²) in [5.41, 5.74) is 1.15. The second-order valence-electron chi connectivity index (χ2n) is 5.84. The largest absolute Gasteiger partial charge is 0.493 e. The summed E-state index contributed by atoms with van der Waals surface area (Å²) in [5, 5.41) is 1.18. The van der Waals surface area contributed by atoms with Gasteiger partial charge in [-0.1, -0.05) is 18.2 Å². The summed E-state index contributed by atoms with van der Waals surface area (Å²) in [4.78, 5) is 0.154. The van der Waals surface area contributed by atoms with Gasteiger partial charge in [0.25, 0.3) is 0 Å². The molecule has 2 aromatic carbocycles. The number of fused-ring (bicyclic) bond motifs is 1. The number of sulfonamides is 1. The van der Waals surface area contributed by atoms with Crippen LogP contribution in [-0.4, -0.2) is 33.7 Å². The number of para-hydroxylation sites is 1. The highest BCUT2D eigenvalue weighted by Gasteiger charge is 2.16. The summed E-state index contributed by atoms with van der Waals surface area (Å²) >= 11 is 0. The molecule has 0 fully saturated rings. The van der Waals surface area contributed by atoms with Crippen molar-refractivity contribution in [2.75, 3.05) is 20.8 Å². The standard InChI is InChI=1S/C19H22N2O4S/c1-24-18-9-8-16(14-19(18)25-2)26(22,23)20-11-5-12-21-13-10-15-6-3-4-7-17(15)21/h3-4,6-10,13-14,20H,5,11-12H2,1-2H3. The average Bonchev–Trinajstić information content (AvgIpc) is 3.08. The molecule has 1 N–H and O–H groups in total. The van der Waals surface area contributed by atoms with Gasteiger partial charge in [0, 0.05) is 30.9 Å². The Hall–Kier alpha value is -2.51. The molecule has 0 bridgehead atoms. The topological polar surface area (TPSA) is 69.6 Å². The Labute approximate surface area is 153 Å². The predicted octanol–water partition coefficient (Wildman–Crippen LogP) is 3.03. The van der Waals surface area contributed by atoms with Crippen molar-refractivity contribution < 1.29 is 17.9 Å². The lowest BCUT2D eigenvalue weighted by molar-refractivity contribution is 0.354. The summed E-state index contributed by atoms with van der Waals surface area (Å²) < 4.78 is 40.0. The molecule has 7 heteroatoms. The quantitative estimate of drug-likeness (QED) is 0.616. The zero-order valence-electron chi connectivity index (χ0n) is 14.8. The summed E-state index contributed by atoms with van der Waals surface area (Å²) in [6.45, 7) is 1.09. The van der Waals surface area contributed by atoms with E-state index in [4.69, 9.17) is 9.47 Å². The van der Waals surface area contributed by atoms with Crippen LogP contribution in [0.1, 0.15) is 6.42 Å². The monoisotopic (exact) mass is 374 g/mol. The van der Waals surface area contributed by atoms with Gasteiger partial charge in [-0.25, -0.2) is 13.1 Å². The highest BCUT2D eigenvalue weighted by molar-refractivity contribution is 7.89. The number of benzene rings is 2. The number of ether oxygens (including phenoxy) is 2. The zero-order valence-corrected chi connectivity index (χ0v) is 15.6. The summed E-state index contributed by atoms with van der Waals surface area (Å²) in [5.74, 6) is 0.875. The molecule has 3 rings (SSSR count). The highest BCUT2D eigenvalue weighted by Crippen LogP contribution is 2.29. The minimum Gasteiger partial charge on any atom is -0.493 e. The molecule has 0 aliphatic carbocycles. The van der Waals surface area contributed by atoms with E-state index >= 15 is 0 Å². The molecule has 26 heavy (non-hydrogen) atoms. The number of hydrogen-bond donors (Lipinski definition) is 1. The molecule has 0 unspecified atom stereocenters. The third kappa shape index (κ3) is 3.84. The fraction of sp³-hybridized carbons (Fsp3) is 0.263. The van der Waals surface area contributed by atoms with Crippen LogP contribution in [0.3, 0.4) is 0 Å². The van der Waals surface area contributed by atoms with E-state index in [1.165, 1.54) is 31.7 Å². The van der Waals surface area contributed by atoms with E-state index in [-0.39, 0.29) is 4.90 Å². The Morgan fingerprint density at radius 2 is 1.77 bits per heavy atom. The van der Waals surface area contributed by atoms with Gasteiger partial charge < -0.3 is 14.0 Å². The van der Waals surface area contributed by atoms with Crippen LogP contribution in [0.25, 0.3) is 10.9 Å². The van der Waals surface area contributed by atoms with Crippen molar-refractivity contribution in [3.05, 3.63) is 54.7 Å². The van der Waals surface area contributed by atoms with Gasteiger partial charge >= 0.3 is 0 Å². The minimum atomic E-state index is -3.60. The van der Waals surface area contributed by atoms with Crippen molar-refractivity contribution in [2.45, 2.75) is 17.9 Å². The summed E-state index contributed by atoms with van der Waals surface area (Å²) in [6, 6.07) is 14.7. The molecule has 0 atom stereocenters.